The first kappa shape index (κ1) is 20.9. The van der Waals surface area contributed by atoms with Crippen LogP contribution >= 0.6 is 0 Å². The lowest BCUT2D eigenvalue weighted by atomic mass is 9.95. The van der Waals surface area contributed by atoms with E-state index in [4.69, 9.17) is 8.92 Å². The van der Waals surface area contributed by atoms with Crippen LogP contribution in [0.1, 0.15) is 13.3 Å². The van der Waals surface area contributed by atoms with Gasteiger partial charge in [0.05, 0.1) is 25.5 Å². The van der Waals surface area contributed by atoms with Gasteiger partial charge in [0.1, 0.15) is 17.8 Å². The smallest absolute Gasteiger partial charge is 0.264 e. The van der Waals surface area contributed by atoms with Crippen molar-refractivity contribution < 1.29 is 44.6 Å². The quantitative estimate of drug-likeness (QED) is 0.386. The first-order valence-electron chi connectivity index (χ1n) is 7.33. The fourth-order valence-electron chi connectivity index (χ4n) is 2.66. The molecule has 26 heavy (non-hydrogen) atoms. The lowest BCUT2D eigenvalue weighted by Gasteiger charge is -2.35. The highest BCUT2D eigenvalue weighted by molar-refractivity contribution is 7.86. The molecule has 0 bridgehead atoms. The second-order valence-corrected chi connectivity index (χ2v) is 9.47. The van der Waals surface area contributed by atoms with Gasteiger partial charge < -0.3 is 9.84 Å². The first-order valence-corrected chi connectivity index (χ1v) is 11.0. The molecule has 4 atom stereocenters. The Balaban J connectivity index is 2.35. The molecule has 1 N–H and O–H groups in total. The highest BCUT2D eigenvalue weighted by atomic mass is 32.2. The van der Waals surface area contributed by atoms with Crippen LogP contribution in [0.15, 0.2) is 12.3 Å². The van der Waals surface area contributed by atoms with Crippen molar-refractivity contribution in [3.05, 3.63) is 12.3 Å². The molecule has 2 heterocycles. The fraction of sp³-hybridized carbons (Fsp3) is 0.692. The number of allylic oxidation sites excluding steroid dienone is 1. The second kappa shape index (κ2) is 6.98. The average molecular weight is 413 g/mol. The molecule has 0 aliphatic carbocycles. The second-order valence-electron chi connectivity index (χ2n) is 6.22. The zero-order chi connectivity index (χ0) is 19.9. The van der Waals surface area contributed by atoms with E-state index in [0.717, 1.165) is 29.7 Å². The zero-order valence-corrected chi connectivity index (χ0v) is 15.8. The number of carbonyl (C=O) groups is 2. The highest BCUT2D eigenvalue weighted by Gasteiger charge is 2.58. The third kappa shape index (κ3) is 4.86. The molecule has 1 saturated heterocycles. The van der Waals surface area contributed by atoms with Gasteiger partial charge in [-0.2, -0.15) is 16.8 Å². The minimum atomic E-state index is -4.06. The van der Waals surface area contributed by atoms with Crippen LogP contribution in [0.5, 0.6) is 0 Å². The monoisotopic (exact) mass is 413 g/mol. The van der Waals surface area contributed by atoms with E-state index in [1.807, 2.05) is 0 Å². The van der Waals surface area contributed by atoms with Crippen molar-refractivity contribution in [2.75, 3.05) is 19.1 Å². The lowest BCUT2D eigenvalue weighted by Crippen LogP contribution is -2.55. The van der Waals surface area contributed by atoms with E-state index in [0.29, 0.717) is 0 Å². The Bertz CT molecular complexity index is 829. The van der Waals surface area contributed by atoms with Crippen molar-refractivity contribution in [3.8, 4) is 0 Å². The van der Waals surface area contributed by atoms with Crippen LogP contribution in [0, 0.1) is 0 Å². The summed E-state index contributed by atoms with van der Waals surface area (Å²) in [4.78, 5) is 24.3. The number of hydrogen-bond donors (Lipinski definition) is 1. The minimum Gasteiger partial charge on any atom is -0.383 e. The number of rotatable bonds is 6. The van der Waals surface area contributed by atoms with Crippen LogP contribution in [0.4, 0.5) is 0 Å². The van der Waals surface area contributed by atoms with Crippen LogP contribution in [-0.2, 0) is 42.9 Å². The van der Waals surface area contributed by atoms with Gasteiger partial charge in [0.2, 0.25) is 5.91 Å². The Hall–Kier alpha value is -1.38. The standard InChI is InChI=1S/C13H19NO10S2/c1-13(17)11(24-26(3,20)21)9(7-22-25(2,18)19)23-12(13)14-5-4-8(15)6-10(14)16/h4-5,9,11-12,17H,6-7H2,1-3H3/t9-,11-,12-,13+/m1/s1. The molecule has 1 fully saturated rings. The van der Waals surface area contributed by atoms with Crippen LogP contribution < -0.4 is 0 Å². The molecule has 0 spiro atoms. The van der Waals surface area contributed by atoms with E-state index in [2.05, 4.69) is 4.18 Å². The van der Waals surface area contributed by atoms with E-state index >= 15 is 0 Å². The highest BCUT2D eigenvalue weighted by Crippen LogP contribution is 2.37. The number of nitrogens with zero attached hydrogens (tertiary/aromatic N) is 1. The average Bonchev–Trinajstić information content (AvgIpc) is 2.67. The molecule has 2 aliphatic heterocycles. The number of hydrogen-bond acceptors (Lipinski definition) is 10. The largest absolute Gasteiger partial charge is 0.383 e. The van der Waals surface area contributed by atoms with Crippen molar-refractivity contribution in [1.82, 2.24) is 4.90 Å². The summed E-state index contributed by atoms with van der Waals surface area (Å²) in [5.74, 6) is -1.12. The number of amides is 1. The van der Waals surface area contributed by atoms with Gasteiger partial charge in [-0.1, -0.05) is 0 Å². The summed E-state index contributed by atoms with van der Waals surface area (Å²) in [5, 5.41) is 10.8. The maximum absolute atomic E-state index is 12.1. The molecule has 13 heteroatoms. The van der Waals surface area contributed by atoms with E-state index in [9.17, 15) is 31.5 Å². The van der Waals surface area contributed by atoms with Crippen molar-refractivity contribution in [3.63, 3.8) is 0 Å². The summed E-state index contributed by atoms with van der Waals surface area (Å²) >= 11 is 0. The van der Waals surface area contributed by atoms with Crippen LogP contribution in [0.25, 0.3) is 0 Å². The number of ketones is 1. The third-order valence-corrected chi connectivity index (χ3v) is 4.85. The summed E-state index contributed by atoms with van der Waals surface area (Å²) in [5.41, 5.74) is -2.05. The first-order chi connectivity index (χ1) is 11.7. The number of ether oxygens (including phenoxy) is 1. The molecule has 1 amide bonds. The molecule has 148 valence electrons. The SMILES string of the molecule is C[C@]1(O)[C@H](OS(C)(=O)=O)[C@@H](COS(C)(=O)=O)O[C@H]1N1C=CC(=O)CC1=O. The topological polar surface area (TPSA) is 154 Å². The van der Waals surface area contributed by atoms with E-state index in [-0.39, 0.29) is 0 Å². The van der Waals surface area contributed by atoms with E-state index < -0.39 is 69.0 Å². The Morgan fingerprint density at radius 3 is 2.38 bits per heavy atom. The maximum Gasteiger partial charge on any atom is 0.264 e. The molecule has 0 saturated carbocycles. The Morgan fingerprint density at radius 1 is 1.27 bits per heavy atom. The molecule has 0 aromatic carbocycles. The Kier molecular flexibility index (Phi) is 5.62. The van der Waals surface area contributed by atoms with Gasteiger partial charge >= 0.3 is 0 Å². The molecular formula is C13H19NO10S2. The van der Waals surface area contributed by atoms with Crippen LogP contribution in [0.2, 0.25) is 0 Å². The molecule has 0 aromatic rings. The van der Waals surface area contributed by atoms with Crippen molar-refractivity contribution in [2.45, 2.75) is 37.4 Å². The van der Waals surface area contributed by atoms with E-state index in [1.165, 1.54) is 6.92 Å². The van der Waals surface area contributed by atoms with Crippen molar-refractivity contribution in [2.24, 2.45) is 0 Å². The third-order valence-electron chi connectivity index (χ3n) is 3.73. The molecule has 0 unspecified atom stereocenters. The van der Waals surface area contributed by atoms with Gasteiger partial charge in [0, 0.05) is 6.20 Å². The van der Waals surface area contributed by atoms with Crippen molar-refractivity contribution >= 4 is 31.9 Å². The summed E-state index contributed by atoms with van der Waals surface area (Å²) in [7, 11) is -7.94. The van der Waals surface area contributed by atoms with Crippen molar-refractivity contribution in [1.29, 1.82) is 0 Å². The molecule has 0 aromatic heterocycles. The summed E-state index contributed by atoms with van der Waals surface area (Å²) in [6.07, 6.45) is -1.00. The van der Waals surface area contributed by atoms with Crippen LogP contribution in [-0.4, -0.2) is 81.7 Å². The minimum absolute atomic E-state index is 0.440. The zero-order valence-electron chi connectivity index (χ0n) is 14.2. The molecule has 2 aliphatic rings. The molecular weight excluding hydrogens is 394 g/mol. The summed E-state index contributed by atoms with van der Waals surface area (Å²) in [6.45, 7) is 0.530. The summed E-state index contributed by atoms with van der Waals surface area (Å²) in [6, 6.07) is 0. The normalized spacial score (nSPS) is 33.1. The summed E-state index contributed by atoms with van der Waals surface area (Å²) < 4.78 is 60.4. The number of aliphatic hydroxyl groups is 1. The lowest BCUT2D eigenvalue weighted by molar-refractivity contribution is -0.157. The predicted octanol–water partition coefficient (Wildman–Crippen LogP) is -1.90. The Labute approximate surface area is 150 Å². The van der Waals surface area contributed by atoms with Gasteiger partial charge in [-0.3, -0.25) is 22.9 Å². The van der Waals surface area contributed by atoms with Gasteiger partial charge in [-0.25, -0.2) is 0 Å². The predicted molar refractivity (Wildman–Crippen MR) is 85.4 cm³/mol. The molecule has 2 rings (SSSR count). The fourth-order valence-corrected chi connectivity index (χ4v) is 3.74. The van der Waals surface area contributed by atoms with Crippen LogP contribution in [0.3, 0.4) is 0 Å². The van der Waals surface area contributed by atoms with Gasteiger partial charge in [0.25, 0.3) is 20.2 Å². The Morgan fingerprint density at radius 2 is 1.88 bits per heavy atom. The van der Waals surface area contributed by atoms with E-state index in [1.54, 1.807) is 0 Å². The number of carbonyl (C=O) groups excluding carboxylic acids is 2. The van der Waals surface area contributed by atoms with Gasteiger partial charge in [0.15, 0.2) is 12.0 Å². The van der Waals surface area contributed by atoms with Gasteiger partial charge in [-0.15, -0.1) is 0 Å². The maximum atomic E-state index is 12.1. The van der Waals surface area contributed by atoms with Gasteiger partial charge in [-0.05, 0) is 13.0 Å². The molecule has 11 nitrogen and oxygen atoms in total. The molecule has 0 radical (unpaired) electrons.